The van der Waals surface area contributed by atoms with Gasteiger partial charge in [0.15, 0.2) is 9.75 Å². The number of aryl methyl sites for hydroxylation is 1. The number of alkyl halides is 2. The Kier molecular flexibility index (Phi) is 4.79. The number of aromatic hydroxyl groups is 1. The molecule has 1 fully saturated rings. The number of halogens is 3. The van der Waals surface area contributed by atoms with E-state index in [0.717, 1.165) is 17.0 Å². The van der Waals surface area contributed by atoms with Gasteiger partial charge in [-0.05, 0) is 60.4 Å². The summed E-state index contributed by atoms with van der Waals surface area (Å²) in [7, 11) is 0. The molecular weight excluding hydrogens is 428 g/mol. The molecule has 1 heterocycles. The van der Waals surface area contributed by atoms with Gasteiger partial charge < -0.3 is 5.11 Å². The van der Waals surface area contributed by atoms with Gasteiger partial charge in [-0.1, -0.05) is 30.9 Å². The maximum atomic E-state index is 13.6. The second-order valence-corrected chi connectivity index (χ2v) is 8.77. The summed E-state index contributed by atoms with van der Waals surface area (Å²) in [6.07, 6.45) is 3.38. The predicted octanol–water partition coefficient (Wildman–Crippen LogP) is 4.97. The molecule has 154 valence electrons. The Bertz CT molecular complexity index is 1110. The minimum absolute atomic E-state index is 0.0369. The zero-order chi connectivity index (χ0) is 21.8. The molecule has 1 aliphatic carbocycles. The lowest BCUT2D eigenvalue weighted by molar-refractivity contribution is -0.122. The van der Waals surface area contributed by atoms with Gasteiger partial charge in [0.1, 0.15) is 11.6 Å². The van der Waals surface area contributed by atoms with Crippen LogP contribution in [0.3, 0.4) is 0 Å². The van der Waals surface area contributed by atoms with Gasteiger partial charge in [-0.2, -0.15) is 0 Å². The fourth-order valence-electron chi connectivity index (χ4n) is 4.26. The van der Waals surface area contributed by atoms with Crippen molar-refractivity contribution in [3.8, 4) is 5.75 Å². The van der Waals surface area contributed by atoms with Crippen molar-refractivity contribution in [2.24, 2.45) is 0 Å². The van der Waals surface area contributed by atoms with E-state index in [1.165, 1.54) is 18.2 Å². The summed E-state index contributed by atoms with van der Waals surface area (Å²) in [5.74, 6) is -2.51. The molecule has 1 N–H and O–H groups in total. The van der Waals surface area contributed by atoms with Crippen molar-refractivity contribution in [2.45, 2.75) is 29.0 Å². The SMILES string of the molecule is C=CC1=CCC2(Cl)C(=O)N(c3ccc(F)cc3)C(=O)C2(Cl)C1c1ccc(O)c(C)c1. The number of carbonyl (C=O) groups excluding carboxylic acids is 2. The van der Waals surface area contributed by atoms with Crippen LogP contribution in [0, 0.1) is 12.7 Å². The van der Waals surface area contributed by atoms with Crippen LogP contribution in [-0.2, 0) is 9.59 Å². The highest BCUT2D eigenvalue weighted by atomic mass is 35.5. The molecule has 0 saturated carbocycles. The Balaban J connectivity index is 1.92. The number of phenols is 1. The minimum Gasteiger partial charge on any atom is -0.508 e. The van der Waals surface area contributed by atoms with Crippen molar-refractivity contribution in [1.82, 2.24) is 0 Å². The Morgan fingerprint density at radius 2 is 1.83 bits per heavy atom. The largest absolute Gasteiger partial charge is 0.508 e. The number of amides is 2. The molecule has 0 bridgehead atoms. The summed E-state index contributed by atoms with van der Waals surface area (Å²) in [6.45, 7) is 5.55. The number of carbonyl (C=O) groups is 2. The van der Waals surface area contributed by atoms with Crippen molar-refractivity contribution in [1.29, 1.82) is 0 Å². The Hall–Kier alpha value is -2.63. The van der Waals surface area contributed by atoms with E-state index in [-0.39, 0.29) is 17.9 Å². The van der Waals surface area contributed by atoms with E-state index in [4.69, 9.17) is 23.2 Å². The first-order valence-corrected chi connectivity index (χ1v) is 10.0. The zero-order valence-corrected chi connectivity index (χ0v) is 17.5. The molecule has 0 aromatic heterocycles. The van der Waals surface area contributed by atoms with Gasteiger partial charge in [0.2, 0.25) is 0 Å². The summed E-state index contributed by atoms with van der Waals surface area (Å²) < 4.78 is 13.4. The van der Waals surface area contributed by atoms with Crippen LogP contribution < -0.4 is 4.90 Å². The van der Waals surface area contributed by atoms with Crippen LogP contribution in [0.2, 0.25) is 0 Å². The molecule has 0 spiro atoms. The maximum absolute atomic E-state index is 13.6. The van der Waals surface area contributed by atoms with Crippen LogP contribution in [0.5, 0.6) is 5.75 Å². The summed E-state index contributed by atoms with van der Waals surface area (Å²) in [6, 6.07) is 9.86. The van der Waals surface area contributed by atoms with Crippen molar-refractivity contribution in [3.63, 3.8) is 0 Å². The van der Waals surface area contributed by atoms with E-state index in [0.29, 0.717) is 16.7 Å². The molecule has 3 unspecified atom stereocenters. The average molecular weight is 446 g/mol. The molecule has 3 atom stereocenters. The molecule has 0 radical (unpaired) electrons. The number of hydrogen-bond acceptors (Lipinski definition) is 3. The van der Waals surface area contributed by atoms with Gasteiger partial charge in [-0.15, -0.1) is 23.2 Å². The molecule has 2 aromatic rings. The van der Waals surface area contributed by atoms with Gasteiger partial charge in [0.25, 0.3) is 11.8 Å². The first-order valence-electron chi connectivity index (χ1n) is 9.29. The standard InChI is InChI=1S/C23H18Cl2FNO3/c1-3-14-10-11-22(24)20(29)27(17-7-5-16(26)6-8-17)21(30)23(22,25)19(14)15-4-9-18(28)13(2)12-15/h3-10,12,19,28H,1,11H2,2H3. The van der Waals surface area contributed by atoms with Crippen molar-refractivity contribution in [2.75, 3.05) is 4.90 Å². The summed E-state index contributed by atoms with van der Waals surface area (Å²) in [5.41, 5.74) is 2.07. The Morgan fingerprint density at radius 3 is 2.43 bits per heavy atom. The van der Waals surface area contributed by atoms with Crippen molar-refractivity contribution in [3.05, 3.63) is 83.7 Å². The first-order chi connectivity index (χ1) is 14.1. The van der Waals surface area contributed by atoms with Gasteiger partial charge in [-0.3, -0.25) is 9.59 Å². The highest BCUT2D eigenvalue weighted by Crippen LogP contribution is 2.59. The maximum Gasteiger partial charge on any atom is 0.258 e. The van der Waals surface area contributed by atoms with E-state index in [9.17, 15) is 19.1 Å². The number of allylic oxidation sites excluding steroid dienone is 3. The van der Waals surface area contributed by atoms with E-state index in [2.05, 4.69) is 6.58 Å². The number of imide groups is 1. The predicted molar refractivity (Wildman–Crippen MR) is 115 cm³/mol. The lowest BCUT2D eigenvalue weighted by Gasteiger charge is -2.42. The van der Waals surface area contributed by atoms with E-state index < -0.39 is 33.3 Å². The summed E-state index contributed by atoms with van der Waals surface area (Å²) in [4.78, 5) is 24.4. The minimum atomic E-state index is -1.83. The third-order valence-electron chi connectivity index (χ3n) is 5.86. The van der Waals surface area contributed by atoms with Crippen molar-refractivity contribution >= 4 is 40.7 Å². The highest BCUT2D eigenvalue weighted by molar-refractivity contribution is 6.58. The molecule has 7 heteroatoms. The smallest absolute Gasteiger partial charge is 0.258 e. The molecule has 2 aliphatic rings. The summed E-state index contributed by atoms with van der Waals surface area (Å²) in [5, 5.41) is 9.92. The van der Waals surface area contributed by atoms with Gasteiger partial charge in [-0.25, -0.2) is 9.29 Å². The average Bonchev–Trinajstić information content (AvgIpc) is 2.88. The summed E-state index contributed by atoms with van der Waals surface area (Å²) >= 11 is 13.9. The number of anilines is 1. The highest BCUT2D eigenvalue weighted by Gasteiger charge is 2.73. The monoisotopic (exact) mass is 445 g/mol. The molecule has 4 nitrogen and oxygen atoms in total. The third kappa shape index (κ3) is 2.65. The van der Waals surface area contributed by atoms with Gasteiger partial charge >= 0.3 is 0 Å². The van der Waals surface area contributed by atoms with Crippen LogP contribution in [0.15, 0.2) is 66.8 Å². The van der Waals surface area contributed by atoms with E-state index >= 15 is 0 Å². The first kappa shape index (κ1) is 20.6. The number of fused-ring (bicyclic) bond motifs is 1. The normalized spacial score (nSPS) is 28.3. The van der Waals surface area contributed by atoms with Crippen molar-refractivity contribution < 1.29 is 19.1 Å². The second kappa shape index (κ2) is 6.96. The number of benzene rings is 2. The number of nitrogens with zero attached hydrogens (tertiary/aromatic N) is 1. The van der Waals surface area contributed by atoms with Crippen LogP contribution in [-0.4, -0.2) is 26.7 Å². The fraction of sp³-hybridized carbons (Fsp3) is 0.217. The Morgan fingerprint density at radius 1 is 1.17 bits per heavy atom. The second-order valence-electron chi connectivity index (χ2n) is 7.53. The lowest BCUT2D eigenvalue weighted by atomic mass is 9.68. The molecular formula is C23H18Cl2FNO3. The third-order valence-corrected chi connectivity index (χ3v) is 7.27. The van der Waals surface area contributed by atoms with Gasteiger partial charge in [0.05, 0.1) is 5.69 Å². The lowest BCUT2D eigenvalue weighted by Crippen LogP contribution is -2.54. The molecule has 1 saturated heterocycles. The topological polar surface area (TPSA) is 57.6 Å². The van der Waals surface area contributed by atoms with E-state index in [1.807, 2.05) is 0 Å². The quantitative estimate of drug-likeness (QED) is 0.535. The van der Waals surface area contributed by atoms with Crippen LogP contribution in [0.4, 0.5) is 10.1 Å². The number of hydrogen-bond donors (Lipinski definition) is 1. The molecule has 1 aliphatic heterocycles. The number of rotatable bonds is 3. The van der Waals surface area contributed by atoms with Crippen LogP contribution in [0.25, 0.3) is 0 Å². The fourth-order valence-corrected chi connectivity index (χ4v) is 5.10. The Labute approximate surface area is 183 Å². The van der Waals surface area contributed by atoms with Crippen LogP contribution in [0.1, 0.15) is 23.5 Å². The molecule has 4 rings (SSSR count). The number of phenolic OH excluding ortho intramolecular Hbond substituents is 1. The molecule has 2 amide bonds. The zero-order valence-electron chi connectivity index (χ0n) is 16.0. The van der Waals surface area contributed by atoms with Crippen LogP contribution >= 0.6 is 23.2 Å². The molecule has 2 aromatic carbocycles. The molecule has 30 heavy (non-hydrogen) atoms. The van der Waals surface area contributed by atoms with E-state index in [1.54, 1.807) is 31.2 Å². The van der Waals surface area contributed by atoms with Gasteiger partial charge in [0, 0.05) is 5.92 Å².